The maximum Gasteiger partial charge on any atom is 0.416 e. The number of esters is 1. The molecule has 1 rings (SSSR count). The molecule has 0 aliphatic rings. The Hall–Kier alpha value is -1.50. The topological polar surface area (TPSA) is 43.4 Å². The van der Waals surface area contributed by atoms with Crippen molar-refractivity contribution < 1.29 is 27.5 Å². The van der Waals surface area contributed by atoms with E-state index in [1.165, 1.54) is 13.2 Å². The monoisotopic (exact) mass is 292 g/mol. The zero-order valence-corrected chi connectivity index (χ0v) is 11.0. The number of hydrogen-bond acceptors (Lipinski definition) is 4. The van der Waals surface area contributed by atoms with Crippen molar-refractivity contribution in [2.45, 2.75) is 18.0 Å². The van der Waals surface area contributed by atoms with Crippen molar-refractivity contribution in [3.63, 3.8) is 0 Å². The highest BCUT2D eigenvalue weighted by Gasteiger charge is 2.32. The third-order valence-electron chi connectivity index (χ3n) is 2.23. The maximum atomic E-state index is 12.5. The van der Waals surface area contributed by atoms with Crippen molar-refractivity contribution in [3.8, 4) is 0 Å². The number of benzene rings is 1. The summed E-state index contributed by atoms with van der Waals surface area (Å²) in [6.45, 7) is 1.56. The van der Waals surface area contributed by atoms with Crippen molar-refractivity contribution in [1.82, 2.24) is 0 Å². The van der Waals surface area contributed by atoms with Crippen molar-refractivity contribution in [2.75, 3.05) is 12.9 Å². The number of rotatable bonds is 4. The van der Waals surface area contributed by atoms with Gasteiger partial charge in [0.1, 0.15) is 0 Å². The highest BCUT2D eigenvalue weighted by Crippen LogP contribution is 2.33. The van der Waals surface area contributed by atoms with Crippen LogP contribution in [0.1, 0.15) is 22.8 Å². The summed E-state index contributed by atoms with van der Waals surface area (Å²) in [4.78, 5) is 23.1. The molecule has 0 radical (unpaired) electrons. The molecule has 0 atom stereocenters. The van der Waals surface area contributed by atoms with Crippen LogP contribution >= 0.6 is 11.8 Å². The van der Waals surface area contributed by atoms with Gasteiger partial charge in [-0.15, -0.1) is 11.8 Å². The van der Waals surface area contributed by atoms with Gasteiger partial charge in [-0.1, -0.05) is 0 Å². The molecule has 0 bridgehead atoms. The van der Waals surface area contributed by atoms with Crippen LogP contribution < -0.4 is 0 Å². The average Bonchev–Trinajstić information content (AvgIpc) is 2.36. The second kappa shape index (κ2) is 6.10. The molecular weight excluding hydrogens is 281 g/mol. The van der Waals surface area contributed by atoms with E-state index >= 15 is 0 Å². The molecule has 0 saturated heterocycles. The van der Waals surface area contributed by atoms with Crippen molar-refractivity contribution >= 4 is 23.5 Å². The second-order valence-corrected chi connectivity index (χ2v) is 4.31. The summed E-state index contributed by atoms with van der Waals surface area (Å²) in [6.07, 6.45) is -2.96. The number of carbonyl (C=O) groups is 2. The lowest BCUT2D eigenvalue weighted by atomic mass is 10.1. The first-order valence-corrected chi connectivity index (χ1v) is 6.50. The quantitative estimate of drug-likeness (QED) is 0.370. The molecule has 0 amide bonds. The van der Waals surface area contributed by atoms with Crippen LogP contribution in [0.2, 0.25) is 0 Å². The van der Waals surface area contributed by atoms with Crippen molar-refractivity contribution in [1.29, 1.82) is 0 Å². The lowest BCUT2D eigenvalue weighted by Crippen LogP contribution is -2.18. The first kappa shape index (κ1) is 15.6. The fourth-order valence-corrected chi connectivity index (χ4v) is 1.99. The van der Waals surface area contributed by atoms with Gasteiger partial charge in [0, 0.05) is 10.5 Å². The first-order valence-electron chi connectivity index (χ1n) is 5.28. The molecule has 0 spiro atoms. The van der Waals surface area contributed by atoms with E-state index in [0.29, 0.717) is 0 Å². The molecule has 104 valence electrons. The molecule has 19 heavy (non-hydrogen) atoms. The van der Waals surface area contributed by atoms with Gasteiger partial charge < -0.3 is 4.74 Å². The van der Waals surface area contributed by atoms with Gasteiger partial charge in [-0.2, -0.15) is 13.2 Å². The predicted octanol–water partition coefficient (Wildman–Crippen LogP) is 3.17. The Balaban J connectivity index is 3.16. The predicted molar refractivity (Wildman–Crippen MR) is 64.2 cm³/mol. The van der Waals surface area contributed by atoms with Gasteiger partial charge in [-0.25, -0.2) is 4.79 Å². The zero-order chi connectivity index (χ0) is 14.6. The summed E-state index contributed by atoms with van der Waals surface area (Å²) >= 11 is 0.961. The van der Waals surface area contributed by atoms with E-state index in [1.54, 1.807) is 0 Å². The minimum atomic E-state index is -4.49. The summed E-state index contributed by atoms with van der Waals surface area (Å²) in [5, 5.41) is 0. The van der Waals surface area contributed by atoms with Crippen LogP contribution in [0, 0.1) is 0 Å². The van der Waals surface area contributed by atoms with Gasteiger partial charge >= 0.3 is 12.1 Å². The minimum absolute atomic E-state index is 0.0276. The van der Waals surface area contributed by atoms with E-state index in [0.717, 1.165) is 30.0 Å². The Morgan fingerprint density at radius 2 is 1.95 bits per heavy atom. The third kappa shape index (κ3) is 3.73. The van der Waals surface area contributed by atoms with Crippen LogP contribution in [-0.4, -0.2) is 24.6 Å². The molecule has 0 aliphatic heterocycles. The molecule has 0 N–H and O–H groups in total. The SMILES string of the molecule is CCOC(=O)C(=O)c1ccc(C(F)(F)F)cc1SC. The van der Waals surface area contributed by atoms with Gasteiger partial charge in [0.2, 0.25) is 0 Å². The van der Waals surface area contributed by atoms with Gasteiger partial charge in [0.25, 0.3) is 5.78 Å². The van der Waals surface area contributed by atoms with E-state index in [-0.39, 0.29) is 17.1 Å². The largest absolute Gasteiger partial charge is 0.460 e. The van der Waals surface area contributed by atoms with Crippen LogP contribution in [-0.2, 0) is 15.7 Å². The smallest absolute Gasteiger partial charge is 0.416 e. The van der Waals surface area contributed by atoms with Gasteiger partial charge in [-0.05, 0) is 31.4 Å². The van der Waals surface area contributed by atoms with Crippen LogP contribution in [0.25, 0.3) is 0 Å². The standard InChI is InChI=1S/C12H11F3O3S/c1-3-18-11(17)10(16)8-5-4-7(12(13,14)15)6-9(8)19-2/h4-6H,3H2,1-2H3. The number of hydrogen-bond donors (Lipinski definition) is 0. The summed E-state index contributed by atoms with van der Waals surface area (Å²) in [5.41, 5.74) is -0.948. The molecule has 0 heterocycles. The normalized spacial score (nSPS) is 11.2. The molecule has 0 aromatic heterocycles. The molecule has 0 fully saturated rings. The number of ether oxygens (including phenoxy) is 1. The third-order valence-corrected chi connectivity index (χ3v) is 3.01. The Bertz CT molecular complexity index is 497. The fraction of sp³-hybridized carbons (Fsp3) is 0.333. The van der Waals surface area contributed by atoms with E-state index in [2.05, 4.69) is 4.74 Å². The summed E-state index contributed by atoms with van der Waals surface area (Å²) in [7, 11) is 0. The Morgan fingerprint density at radius 3 is 2.42 bits per heavy atom. The molecular formula is C12H11F3O3S. The Labute approximate surface area is 112 Å². The Kier molecular flexibility index (Phi) is 4.99. The van der Waals surface area contributed by atoms with Crippen molar-refractivity contribution in [2.24, 2.45) is 0 Å². The second-order valence-electron chi connectivity index (χ2n) is 3.46. The highest BCUT2D eigenvalue weighted by atomic mass is 32.2. The number of ketones is 1. The summed E-state index contributed by atoms with van der Waals surface area (Å²) in [6, 6.07) is 2.61. The van der Waals surface area contributed by atoms with Crippen molar-refractivity contribution in [3.05, 3.63) is 29.3 Å². The van der Waals surface area contributed by atoms with E-state index in [4.69, 9.17) is 0 Å². The number of halogens is 3. The number of thioether (sulfide) groups is 1. The van der Waals surface area contributed by atoms with Gasteiger partial charge in [-0.3, -0.25) is 4.79 Å². The lowest BCUT2D eigenvalue weighted by molar-refractivity contribution is -0.138. The maximum absolute atomic E-state index is 12.5. The molecule has 3 nitrogen and oxygen atoms in total. The van der Waals surface area contributed by atoms with E-state index in [9.17, 15) is 22.8 Å². The molecule has 1 aromatic carbocycles. The number of carbonyl (C=O) groups excluding carboxylic acids is 2. The fourth-order valence-electron chi connectivity index (χ4n) is 1.36. The average molecular weight is 292 g/mol. The molecule has 1 aromatic rings. The van der Waals surface area contributed by atoms with Gasteiger partial charge in [0.05, 0.1) is 12.2 Å². The highest BCUT2D eigenvalue weighted by molar-refractivity contribution is 7.98. The van der Waals surface area contributed by atoms with Gasteiger partial charge in [0.15, 0.2) is 0 Å². The van der Waals surface area contributed by atoms with E-state index < -0.39 is 23.5 Å². The van der Waals surface area contributed by atoms with Crippen LogP contribution in [0.4, 0.5) is 13.2 Å². The zero-order valence-electron chi connectivity index (χ0n) is 10.2. The lowest BCUT2D eigenvalue weighted by Gasteiger charge is -2.11. The molecule has 7 heteroatoms. The molecule has 0 unspecified atom stereocenters. The van der Waals surface area contributed by atoms with Crippen LogP contribution in [0.15, 0.2) is 23.1 Å². The molecule has 0 aliphatic carbocycles. The first-order chi connectivity index (χ1) is 8.81. The number of Topliss-reactive ketones (excluding diaryl/α,β-unsaturated/α-hetero) is 1. The summed E-state index contributed by atoms with van der Waals surface area (Å²) in [5.74, 6) is -2.02. The van der Waals surface area contributed by atoms with Crippen LogP contribution in [0.3, 0.4) is 0 Å². The van der Waals surface area contributed by atoms with E-state index in [1.807, 2.05) is 0 Å². The minimum Gasteiger partial charge on any atom is -0.460 e. The number of alkyl halides is 3. The van der Waals surface area contributed by atoms with Crippen LogP contribution in [0.5, 0.6) is 0 Å². The Morgan fingerprint density at radius 1 is 1.32 bits per heavy atom. The summed E-state index contributed by atoms with van der Waals surface area (Å²) < 4.78 is 42.1. The molecule has 0 saturated carbocycles.